The van der Waals surface area contributed by atoms with Gasteiger partial charge in [0.25, 0.3) is 0 Å². The Kier molecular flexibility index (Phi) is 2.48. The van der Waals surface area contributed by atoms with Gasteiger partial charge in [-0.15, -0.1) is 23.1 Å². The highest BCUT2D eigenvalue weighted by Gasteiger charge is 2.07. The molecule has 0 bridgehead atoms. The fourth-order valence-corrected chi connectivity index (χ4v) is 2.77. The van der Waals surface area contributed by atoms with E-state index in [-0.39, 0.29) is 0 Å². The number of benzene rings is 1. The van der Waals surface area contributed by atoms with Gasteiger partial charge in [-0.25, -0.2) is 0 Å². The molecular weight excluding hydrogens is 214 g/mol. The van der Waals surface area contributed by atoms with Crippen LogP contribution in [0.15, 0.2) is 22.4 Å². The molecule has 2 rings (SSSR count). The molecule has 0 atom stereocenters. The molecule has 1 heterocycles. The summed E-state index contributed by atoms with van der Waals surface area (Å²) in [6.45, 7) is 0. The Morgan fingerprint density at radius 2 is 2.29 bits per heavy atom. The lowest BCUT2D eigenvalue weighted by Gasteiger charge is -2.00. The maximum Gasteiger partial charge on any atom is 0.151 e. The van der Waals surface area contributed by atoms with E-state index in [4.69, 9.17) is 5.73 Å². The minimum atomic E-state index is 0.729. The van der Waals surface area contributed by atoms with Gasteiger partial charge in [0.1, 0.15) is 0 Å². The molecular formula is C10H9NOS2. The Morgan fingerprint density at radius 3 is 2.93 bits per heavy atom. The SMILES string of the molecule is CSc1cc(N)c2scc(C=O)c2c1. The van der Waals surface area contributed by atoms with Gasteiger partial charge in [-0.2, -0.15) is 0 Å². The topological polar surface area (TPSA) is 43.1 Å². The van der Waals surface area contributed by atoms with Gasteiger partial charge in [0.05, 0.1) is 10.4 Å². The Balaban J connectivity index is 2.79. The minimum Gasteiger partial charge on any atom is -0.398 e. The lowest BCUT2D eigenvalue weighted by Crippen LogP contribution is -1.86. The van der Waals surface area contributed by atoms with Gasteiger partial charge in [-0.05, 0) is 18.4 Å². The molecule has 0 fully saturated rings. The first-order valence-corrected chi connectivity index (χ1v) is 6.16. The van der Waals surface area contributed by atoms with Crippen LogP contribution in [-0.2, 0) is 0 Å². The number of thioether (sulfide) groups is 1. The number of fused-ring (bicyclic) bond motifs is 1. The fraction of sp³-hybridized carbons (Fsp3) is 0.100. The second kappa shape index (κ2) is 3.63. The normalized spacial score (nSPS) is 10.6. The summed E-state index contributed by atoms with van der Waals surface area (Å²) in [5.41, 5.74) is 7.37. The smallest absolute Gasteiger partial charge is 0.151 e. The van der Waals surface area contributed by atoms with Crippen LogP contribution in [0, 0.1) is 0 Å². The highest BCUT2D eigenvalue weighted by molar-refractivity contribution is 7.98. The van der Waals surface area contributed by atoms with Crippen molar-refractivity contribution in [1.82, 2.24) is 0 Å². The van der Waals surface area contributed by atoms with E-state index in [9.17, 15) is 4.79 Å². The molecule has 0 unspecified atom stereocenters. The van der Waals surface area contributed by atoms with E-state index < -0.39 is 0 Å². The summed E-state index contributed by atoms with van der Waals surface area (Å²) in [5.74, 6) is 0. The van der Waals surface area contributed by atoms with Gasteiger partial charge < -0.3 is 5.73 Å². The van der Waals surface area contributed by atoms with Crippen LogP contribution in [0.25, 0.3) is 10.1 Å². The van der Waals surface area contributed by atoms with E-state index in [1.54, 1.807) is 11.8 Å². The molecule has 2 N–H and O–H groups in total. The van der Waals surface area contributed by atoms with Gasteiger partial charge in [-0.1, -0.05) is 0 Å². The number of anilines is 1. The Bertz CT molecular complexity index is 490. The number of hydrogen-bond acceptors (Lipinski definition) is 4. The van der Waals surface area contributed by atoms with Crippen molar-refractivity contribution in [2.75, 3.05) is 12.0 Å². The zero-order valence-electron chi connectivity index (χ0n) is 7.61. The number of nitrogen functional groups attached to an aromatic ring is 1. The maximum absolute atomic E-state index is 10.8. The molecule has 1 aromatic carbocycles. The molecule has 0 aliphatic rings. The third-order valence-corrected chi connectivity index (χ3v) is 3.84. The van der Waals surface area contributed by atoms with Crippen molar-refractivity contribution in [3.8, 4) is 0 Å². The first-order chi connectivity index (χ1) is 6.76. The van der Waals surface area contributed by atoms with Crippen LogP contribution in [0.4, 0.5) is 5.69 Å². The molecule has 0 aliphatic heterocycles. The van der Waals surface area contributed by atoms with Crippen molar-refractivity contribution in [3.05, 3.63) is 23.1 Å². The van der Waals surface area contributed by atoms with E-state index in [2.05, 4.69) is 0 Å². The first-order valence-electron chi connectivity index (χ1n) is 4.06. The minimum absolute atomic E-state index is 0.729. The maximum atomic E-state index is 10.8. The zero-order valence-corrected chi connectivity index (χ0v) is 9.24. The summed E-state index contributed by atoms with van der Waals surface area (Å²) in [6, 6.07) is 3.95. The van der Waals surface area contributed by atoms with Crippen molar-refractivity contribution in [2.45, 2.75) is 4.90 Å². The summed E-state index contributed by atoms with van der Waals surface area (Å²) in [7, 11) is 0. The lowest BCUT2D eigenvalue weighted by atomic mass is 10.2. The van der Waals surface area contributed by atoms with Crippen LogP contribution in [0.5, 0.6) is 0 Å². The highest BCUT2D eigenvalue weighted by atomic mass is 32.2. The summed E-state index contributed by atoms with van der Waals surface area (Å²) in [5, 5.41) is 2.81. The fourth-order valence-electron chi connectivity index (χ4n) is 1.36. The van der Waals surface area contributed by atoms with Crippen molar-refractivity contribution in [1.29, 1.82) is 0 Å². The second-order valence-electron chi connectivity index (χ2n) is 2.90. The molecule has 0 spiro atoms. The van der Waals surface area contributed by atoms with Crippen molar-refractivity contribution in [3.63, 3.8) is 0 Å². The van der Waals surface area contributed by atoms with Crippen LogP contribution in [0.2, 0.25) is 0 Å². The van der Waals surface area contributed by atoms with Crippen LogP contribution in [-0.4, -0.2) is 12.5 Å². The van der Waals surface area contributed by atoms with Crippen LogP contribution >= 0.6 is 23.1 Å². The molecule has 0 saturated carbocycles. The van der Waals surface area contributed by atoms with Gasteiger partial charge in [-0.3, -0.25) is 4.79 Å². The van der Waals surface area contributed by atoms with Gasteiger partial charge in [0.2, 0.25) is 0 Å². The number of aldehydes is 1. The molecule has 0 aliphatic carbocycles. The van der Waals surface area contributed by atoms with Gasteiger partial charge >= 0.3 is 0 Å². The number of thiophene rings is 1. The number of rotatable bonds is 2. The second-order valence-corrected chi connectivity index (χ2v) is 4.66. The molecule has 0 radical (unpaired) electrons. The predicted molar refractivity (Wildman–Crippen MR) is 63.4 cm³/mol. The van der Waals surface area contributed by atoms with E-state index in [1.807, 2.05) is 23.8 Å². The van der Waals surface area contributed by atoms with Crippen LogP contribution in [0.1, 0.15) is 10.4 Å². The van der Waals surface area contributed by atoms with E-state index in [0.29, 0.717) is 0 Å². The number of hydrogen-bond donors (Lipinski definition) is 1. The first kappa shape index (κ1) is 9.55. The van der Waals surface area contributed by atoms with Gasteiger partial charge in [0.15, 0.2) is 6.29 Å². The monoisotopic (exact) mass is 223 g/mol. The summed E-state index contributed by atoms with van der Waals surface area (Å²) < 4.78 is 1.00. The molecule has 14 heavy (non-hydrogen) atoms. The Hall–Kier alpha value is -1.00. The Labute approximate surface area is 90.1 Å². The van der Waals surface area contributed by atoms with Crippen molar-refractivity contribution >= 4 is 45.2 Å². The standard InChI is InChI=1S/C10H9NOS2/c1-13-7-2-8-6(4-12)5-14-10(8)9(11)3-7/h2-5H,11H2,1H3. The van der Waals surface area contributed by atoms with Crippen molar-refractivity contribution < 1.29 is 4.79 Å². The predicted octanol–water partition coefficient (Wildman–Crippen LogP) is 3.02. The number of nitrogens with two attached hydrogens (primary N) is 1. The highest BCUT2D eigenvalue weighted by Crippen LogP contribution is 2.33. The lowest BCUT2D eigenvalue weighted by molar-refractivity contribution is 0.112. The van der Waals surface area contributed by atoms with Crippen LogP contribution < -0.4 is 5.73 Å². The van der Waals surface area contributed by atoms with Crippen LogP contribution in [0.3, 0.4) is 0 Å². The largest absolute Gasteiger partial charge is 0.398 e. The molecule has 1 aromatic heterocycles. The average molecular weight is 223 g/mol. The Morgan fingerprint density at radius 1 is 1.50 bits per heavy atom. The number of carbonyl (C=O) groups excluding carboxylic acids is 1. The molecule has 2 aromatic rings. The number of carbonyl (C=O) groups is 1. The molecule has 72 valence electrons. The summed E-state index contributed by atoms with van der Waals surface area (Å²) >= 11 is 3.15. The van der Waals surface area contributed by atoms with E-state index in [0.717, 1.165) is 32.5 Å². The quantitative estimate of drug-likeness (QED) is 0.483. The van der Waals surface area contributed by atoms with E-state index >= 15 is 0 Å². The third-order valence-electron chi connectivity index (χ3n) is 2.07. The van der Waals surface area contributed by atoms with E-state index in [1.165, 1.54) is 11.3 Å². The molecule has 0 amide bonds. The molecule has 4 heteroatoms. The molecule has 0 saturated heterocycles. The molecule has 2 nitrogen and oxygen atoms in total. The van der Waals surface area contributed by atoms with Crippen molar-refractivity contribution in [2.24, 2.45) is 0 Å². The summed E-state index contributed by atoms with van der Waals surface area (Å²) in [4.78, 5) is 11.8. The average Bonchev–Trinajstić information content (AvgIpc) is 2.61. The van der Waals surface area contributed by atoms with Gasteiger partial charge in [0, 0.05) is 21.2 Å². The summed E-state index contributed by atoms with van der Waals surface area (Å²) in [6.07, 6.45) is 2.87. The zero-order chi connectivity index (χ0) is 10.1. The third kappa shape index (κ3) is 1.40.